The zero-order valence-corrected chi connectivity index (χ0v) is 19.1. The second kappa shape index (κ2) is 9.19. The summed E-state index contributed by atoms with van der Waals surface area (Å²) in [6, 6.07) is 17.1. The maximum atomic E-state index is 13.0. The lowest BCUT2D eigenvalue weighted by Crippen LogP contribution is -2.49. The first kappa shape index (κ1) is 21.4. The predicted octanol–water partition coefficient (Wildman–Crippen LogP) is 4.85. The fourth-order valence-electron chi connectivity index (χ4n) is 4.16. The molecule has 5 rings (SSSR count). The first-order valence-electron chi connectivity index (χ1n) is 11.2. The molecule has 0 atom stereocenters. The summed E-state index contributed by atoms with van der Waals surface area (Å²) in [4.78, 5) is 26.5. The Balaban J connectivity index is 1.46. The molecule has 0 N–H and O–H groups in total. The Labute approximate surface area is 197 Å². The minimum atomic E-state index is -0.0466. The predicted molar refractivity (Wildman–Crippen MR) is 129 cm³/mol. The van der Waals surface area contributed by atoms with Gasteiger partial charge in [0, 0.05) is 38.2 Å². The van der Waals surface area contributed by atoms with E-state index in [1.165, 1.54) is 0 Å². The second-order valence-corrected chi connectivity index (χ2v) is 8.46. The van der Waals surface area contributed by atoms with Crippen LogP contribution in [0.4, 0.5) is 5.82 Å². The van der Waals surface area contributed by atoms with Crippen molar-refractivity contribution in [1.82, 2.24) is 20.0 Å². The van der Waals surface area contributed by atoms with Gasteiger partial charge in [-0.15, -0.1) is 0 Å². The van der Waals surface area contributed by atoms with E-state index in [0.29, 0.717) is 42.5 Å². The minimum absolute atomic E-state index is 0.0466. The number of piperazine rings is 1. The number of rotatable bonds is 5. The highest BCUT2D eigenvalue weighted by molar-refractivity contribution is 6.33. The van der Waals surface area contributed by atoms with Crippen molar-refractivity contribution in [2.24, 2.45) is 0 Å². The topological polar surface area (TPSA) is 75.4 Å². The minimum Gasteiger partial charge on any atom is -0.352 e. The molecule has 7 nitrogen and oxygen atoms in total. The van der Waals surface area contributed by atoms with Gasteiger partial charge in [0.15, 0.2) is 0 Å². The van der Waals surface area contributed by atoms with Crippen LogP contribution in [0.5, 0.6) is 0 Å². The molecule has 0 unspecified atom stereocenters. The van der Waals surface area contributed by atoms with E-state index < -0.39 is 0 Å². The first-order valence-corrected chi connectivity index (χ1v) is 11.5. The van der Waals surface area contributed by atoms with Gasteiger partial charge in [0.25, 0.3) is 11.6 Å². The molecule has 1 fully saturated rings. The number of carbonyl (C=O) groups is 1. The molecule has 1 amide bonds. The van der Waals surface area contributed by atoms with Gasteiger partial charge in [0.2, 0.25) is 0 Å². The smallest absolute Gasteiger partial charge is 0.263 e. The molecule has 4 aromatic rings. The average Bonchev–Trinajstić information content (AvgIpc) is 3.28. The molecule has 0 bridgehead atoms. The summed E-state index contributed by atoms with van der Waals surface area (Å²) in [7, 11) is 0. The SMILES string of the molecule is CCCc1nc(N2CCN(C(=O)c3ccccc3Cl)CC2)c2c(-c3ccccc3)noc2n1. The molecular formula is C25H24ClN5O2. The van der Waals surface area contributed by atoms with Crippen LogP contribution in [0.25, 0.3) is 22.4 Å². The molecule has 3 heterocycles. The highest BCUT2D eigenvalue weighted by Crippen LogP contribution is 2.34. The van der Waals surface area contributed by atoms with E-state index in [-0.39, 0.29) is 5.91 Å². The summed E-state index contributed by atoms with van der Waals surface area (Å²) in [6.45, 7) is 4.54. The van der Waals surface area contributed by atoms with Gasteiger partial charge >= 0.3 is 0 Å². The molecule has 1 aliphatic rings. The van der Waals surface area contributed by atoms with Crippen LogP contribution >= 0.6 is 11.6 Å². The van der Waals surface area contributed by atoms with E-state index in [4.69, 9.17) is 21.1 Å². The van der Waals surface area contributed by atoms with Crippen molar-refractivity contribution < 1.29 is 9.32 Å². The fourth-order valence-corrected chi connectivity index (χ4v) is 4.38. The van der Waals surface area contributed by atoms with Crippen molar-refractivity contribution >= 4 is 34.4 Å². The largest absolute Gasteiger partial charge is 0.352 e. The third-order valence-corrected chi connectivity index (χ3v) is 6.18. The Morgan fingerprint density at radius 3 is 2.45 bits per heavy atom. The zero-order valence-electron chi connectivity index (χ0n) is 18.4. The van der Waals surface area contributed by atoms with E-state index in [1.54, 1.807) is 12.1 Å². The van der Waals surface area contributed by atoms with Gasteiger partial charge in [-0.25, -0.2) is 4.98 Å². The van der Waals surface area contributed by atoms with Gasteiger partial charge in [-0.3, -0.25) is 4.79 Å². The molecule has 0 radical (unpaired) electrons. The number of aryl methyl sites for hydroxylation is 1. The van der Waals surface area contributed by atoms with Crippen molar-refractivity contribution in [1.29, 1.82) is 0 Å². The summed E-state index contributed by atoms with van der Waals surface area (Å²) in [5.41, 5.74) is 2.72. The van der Waals surface area contributed by atoms with E-state index in [0.717, 1.165) is 41.1 Å². The van der Waals surface area contributed by atoms with Crippen LogP contribution in [0, 0.1) is 0 Å². The highest BCUT2D eigenvalue weighted by Gasteiger charge is 2.28. The highest BCUT2D eigenvalue weighted by atomic mass is 35.5. The molecule has 168 valence electrons. The molecular weight excluding hydrogens is 438 g/mol. The van der Waals surface area contributed by atoms with Crippen molar-refractivity contribution in [3.63, 3.8) is 0 Å². The fraction of sp³-hybridized carbons (Fsp3) is 0.280. The average molecular weight is 462 g/mol. The number of amides is 1. The zero-order chi connectivity index (χ0) is 22.8. The molecule has 0 saturated carbocycles. The number of fused-ring (bicyclic) bond motifs is 1. The van der Waals surface area contributed by atoms with Gasteiger partial charge in [-0.05, 0) is 18.6 Å². The van der Waals surface area contributed by atoms with Crippen LogP contribution in [-0.2, 0) is 6.42 Å². The Hall–Kier alpha value is -3.45. The van der Waals surface area contributed by atoms with E-state index in [1.807, 2.05) is 47.4 Å². The number of nitrogens with zero attached hydrogens (tertiary/aromatic N) is 5. The lowest BCUT2D eigenvalue weighted by molar-refractivity contribution is 0.0746. The molecule has 2 aromatic carbocycles. The van der Waals surface area contributed by atoms with Crippen LogP contribution in [0.3, 0.4) is 0 Å². The van der Waals surface area contributed by atoms with E-state index in [2.05, 4.69) is 22.0 Å². The molecule has 1 saturated heterocycles. The Morgan fingerprint density at radius 1 is 1.00 bits per heavy atom. The summed E-state index contributed by atoms with van der Waals surface area (Å²) in [6.07, 6.45) is 1.69. The lowest BCUT2D eigenvalue weighted by Gasteiger charge is -2.35. The number of carbonyl (C=O) groups excluding carboxylic acids is 1. The summed E-state index contributed by atoms with van der Waals surface area (Å²) < 4.78 is 5.65. The van der Waals surface area contributed by atoms with E-state index >= 15 is 0 Å². The van der Waals surface area contributed by atoms with Crippen LogP contribution in [0.1, 0.15) is 29.5 Å². The van der Waals surface area contributed by atoms with Gasteiger partial charge in [-0.1, -0.05) is 66.1 Å². The third kappa shape index (κ3) is 4.16. The van der Waals surface area contributed by atoms with Crippen molar-refractivity contribution in [2.75, 3.05) is 31.1 Å². The molecule has 1 aliphatic heterocycles. The van der Waals surface area contributed by atoms with Gasteiger partial charge in [0.05, 0.1) is 10.6 Å². The van der Waals surface area contributed by atoms with Crippen molar-refractivity contribution in [3.05, 3.63) is 71.0 Å². The molecule has 0 aliphatic carbocycles. The Morgan fingerprint density at radius 2 is 1.73 bits per heavy atom. The summed E-state index contributed by atoms with van der Waals surface area (Å²) in [5.74, 6) is 1.51. The summed E-state index contributed by atoms with van der Waals surface area (Å²) >= 11 is 6.25. The lowest BCUT2D eigenvalue weighted by atomic mass is 10.1. The normalized spacial score (nSPS) is 14.1. The van der Waals surface area contributed by atoms with Gasteiger partial charge in [-0.2, -0.15) is 4.98 Å². The number of hydrogen-bond donors (Lipinski definition) is 0. The van der Waals surface area contributed by atoms with E-state index in [9.17, 15) is 4.79 Å². The van der Waals surface area contributed by atoms with Crippen molar-refractivity contribution in [2.45, 2.75) is 19.8 Å². The van der Waals surface area contributed by atoms with Gasteiger partial charge < -0.3 is 14.3 Å². The molecule has 8 heteroatoms. The Kier molecular flexibility index (Phi) is 5.96. The van der Waals surface area contributed by atoms with Crippen LogP contribution < -0.4 is 4.90 Å². The number of hydrogen-bond acceptors (Lipinski definition) is 6. The molecule has 0 spiro atoms. The second-order valence-electron chi connectivity index (χ2n) is 8.05. The number of benzene rings is 2. The maximum absolute atomic E-state index is 13.0. The van der Waals surface area contributed by atoms with Crippen LogP contribution in [0.2, 0.25) is 5.02 Å². The standard InChI is InChI=1S/C25H24ClN5O2/c1-2-8-20-27-23(21-22(29-33-24(21)28-20)17-9-4-3-5-10-17)30-13-15-31(16-14-30)25(32)18-11-6-7-12-19(18)26/h3-7,9-12H,2,8,13-16H2,1H3. The maximum Gasteiger partial charge on any atom is 0.263 e. The first-order chi connectivity index (χ1) is 16.2. The summed E-state index contributed by atoms with van der Waals surface area (Å²) in [5, 5.41) is 5.62. The quantitative estimate of drug-likeness (QED) is 0.422. The monoisotopic (exact) mass is 461 g/mol. The third-order valence-electron chi connectivity index (χ3n) is 5.85. The molecule has 33 heavy (non-hydrogen) atoms. The number of anilines is 1. The van der Waals surface area contributed by atoms with Crippen molar-refractivity contribution in [3.8, 4) is 11.3 Å². The van der Waals surface area contributed by atoms with Gasteiger partial charge in [0.1, 0.15) is 22.7 Å². The number of halogens is 1. The Bertz CT molecular complexity index is 1280. The van der Waals surface area contributed by atoms with Crippen LogP contribution in [-0.4, -0.2) is 52.1 Å². The molecule has 2 aromatic heterocycles. The van der Waals surface area contributed by atoms with Crippen LogP contribution in [0.15, 0.2) is 59.1 Å². The number of aromatic nitrogens is 3.